The Kier molecular flexibility index (Phi) is 5.46. The molecule has 0 amide bonds. The number of esters is 1. The highest BCUT2D eigenvalue weighted by atomic mass is 16.5. The summed E-state index contributed by atoms with van der Waals surface area (Å²) in [6.07, 6.45) is 3.78. The van der Waals surface area contributed by atoms with Gasteiger partial charge in [-0.3, -0.25) is 0 Å². The molecular weight excluding hydrogens is 394 g/mol. The van der Waals surface area contributed by atoms with Gasteiger partial charge < -0.3 is 9.30 Å². The Morgan fingerprint density at radius 2 is 1.50 bits per heavy atom. The van der Waals surface area contributed by atoms with Crippen LogP contribution in [0.4, 0.5) is 0 Å². The second-order valence-corrected chi connectivity index (χ2v) is 9.83. The van der Waals surface area contributed by atoms with Gasteiger partial charge in [0.25, 0.3) is 0 Å². The van der Waals surface area contributed by atoms with E-state index in [0.29, 0.717) is 11.3 Å². The van der Waals surface area contributed by atoms with Crippen molar-refractivity contribution in [3.05, 3.63) is 99.4 Å². The van der Waals surface area contributed by atoms with Crippen LogP contribution in [0.15, 0.2) is 60.2 Å². The third-order valence-electron chi connectivity index (χ3n) is 6.01. The van der Waals surface area contributed by atoms with Gasteiger partial charge in [0.05, 0.1) is 5.57 Å². The molecule has 164 valence electrons. The van der Waals surface area contributed by atoms with Crippen LogP contribution in [-0.4, -0.2) is 10.5 Å². The van der Waals surface area contributed by atoms with Crippen LogP contribution < -0.4 is 0 Å². The molecule has 1 aliphatic rings. The molecule has 3 aromatic rings. The molecule has 2 heterocycles. The SMILES string of the molecule is Cc1cc(C)cc(-n2c(C)cc(/C=C3\C=C(c4ccc(C(C)(C)C)cc4)OC3=O)c2C)c1. The topological polar surface area (TPSA) is 31.2 Å². The van der Waals surface area contributed by atoms with Crippen LogP contribution in [-0.2, 0) is 14.9 Å². The van der Waals surface area contributed by atoms with Gasteiger partial charge in [-0.15, -0.1) is 0 Å². The summed E-state index contributed by atoms with van der Waals surface area (Å²) in [5.41, 5.74) is 9.69. The molecule has 32 heavy (non-hydrogen) atoms. The van der Waals surface area contributed by atoms with Gasteiger partial charge in [0.2, 0.25) is 0 Å². The van der Waals surface area contributed by atoms with Crippen molar-refractivity contribution in [1.82, 2.24) is 4.57 Å². The zero-order valence-corrected chi connectivity index (χ0v) is 20.0. The van der Waals surface area contributed by atoms with E-state index in [1.54, 1.807) is 0 Å². The monoisotopic (exact) mass is 425 g/mol. The number of aromatic nitrogens is 1. The van der Waals surface area contributed by atoms with E-state index >= 15 is 0 Å². The predicted octanol–water partition coefficient (Wildman–Crippen LogP) is 6.99. The van der Waals surface area contributed by atoms with Crippen molar-refractivity contribution in [2.24, 2.45) is 0 Å². The minimum absolute atomic E-state index is 0.0860. The Balaban J connectivity index is 1.68. The van der Waals surface area contributed by atoms with Gasteiger partial charge in [-0.1, -0.05) is 51.1 Å². The van der Waals surface area contributed by atoms with Crippen molar-refractivity contribution in [3.63, 3.8) is 0 Å². The molecule has 0 spiro atoms. The summed E-state index contributed by atoms with van der Waals surface area (Å²) in [4.78, 5) is 12.6. The van der Waals surface area contributed by atoms with Crippen LogP contribution in [0.2, 0.25) is 0 Å². The molecule has 0 N–H and O–H groups in total. The largest absolute Gasteiger partial charge is 0.422 e. The van der Waals surface area contributed by atoms with E-state index in [4.69, 9.17) is 4.74 Å². The van der Waals surface area contributed by atoms with Crippen molar-refractivity contribution in [1.29, 1.82) is 0 Å². The first-order valence-electron chi connectivity index (χ1n) is 11.1. The predicted molar refractivity (Wildman–Crippen MR) is 132 cm³/mol. The molecule has 3 nitrogen and oxygen atoms in total. The van der Waals surface area contributed by atoms with Gasteiger partial charge in [0.1, 0.15) is 5.76 Å². The highest BCUT2D eigenvalue weighted by molar-refractivity contribution is 6.05. The summed E-state index contributed by atoms with van der Waals surface area (Å²) < 4.78 is 7.84. The summed E-state index contributed by atoms with van der Waals surface area (Å²) in [5, 5.41) is 0. The van der Waals surface area contributed by atoms with Crippen molar-refractivity contribution >= 4 is 17.8 Å². The molecule has 0 fully saturated rings. The first-order chi connectivity index (χ1) is 15.0. The van der Waals surface area contributed by atoms with Crippen molar-refractivity contribution in [3.8, 4) is 5.69 Å². The molecule has 0 bridgehead atoms. The fourth-order valence-electron chi connectivity index (χ4n) is 4.34. The Morgan fingerprint density at radius 1 is 0.875 bits per heavy atom. The number of carbonyl (C=O) groups is 1. The minimum Gasteiger partial charge on any atom is -0.422 e. The smallest absolute Gasteiger partial charge is 0.343 e. The first-order valence-corrected chi connectivity index (χ1v) is 11.1. The fourth-order valence-corrected chi connectivity index (χ4v) is 4.34. The minimum atomic E-state index is -0.309. The quantitative estimate of drug-likeness (QED) is 0.334. The van der Waals surface area contributed by atoms with Crippen LogP contribution in [0.25, 0.3) is 17.5 Å². The van der Waals surface area contributed by atoms with E-state index in [-0.39, 0.29) is 11.4 Å². The third kappa shape index (κ3) is 4.20. The number of nitrogens with zero attached hydrogens (tertiary/aromatic N) is 1. The lowest BCUT2D eigenvalue weighted by Crippen LogP contribution is -2.10. The maximum absolute atomic E-state index is 12.6. The van der Waals surface area contributed by atoms with Crippen molar-refractivity contribution < 1.29 is 9.53 Å². The molecule has 0 radical (unpaired) electrons. The molecule has 0 aliphatic carbocycles. The highest BCUT2D eigenvalue weighted by Crippen LogP contribution is 2.31. The second-order valence-electron chi connectivity index (χ2n) is 9.83. The number of hydrogen-bond acceptors (Lipinski definition) is 2. The van der Waals surface area contributed by atoms with Crippen LogP contribution in [0.5, 0.6) is 0 Å². The molecule has 0 unspecified atom stereocenters. The molecule has 2 aromatic carbocycles. The van der Waals surface area contributed by atoms with Crippen molar-refractivity contribution in [2.75, 3.05) is 0 Å². The van der Waals surface area contributed by atoms with E-state index in [1.807, 2.05) is 24.3 Å². The molecule has 0 saturated heterocycles. The average molecular weight is 426 g/mol. The number of cyclic esters (lactones) is 1. The average Bonchev–Trinajstić information content (AvgIpc) is 3.20. The summed E-state index contributed by atoms with van der Waals surface area (Å²) in [6, 6.07) is 16.9. The summed E-state index contributed by atoms with van der Waals surface area (Å²) in [7, 11) is 0. The third-order valence-corrected chi connectivity index (χ3v) is 6.01. The van der Waals surface area contributed by atoms with Crippen LogP contribution in [0.1, 0.15) is 60.0 Å². The number of benzene rings is 2. The molecule has 0 saturated carbocycles. The van der Waals surface area contributed by atoms with Gasteiger partial charge in [-0.2, -0.15) is 0 Å². The Bertz CT molecular complexity index is 1240. The van der Waals surface area contributed by atoms with Crippen LogP contribution >= 0.6 is 0 Å². The Labute approximate surface area is 191 Å². The molecule has 1 aromatic heterocycles. The maximum Gasteiger partial charge on any atom is 0.343 e. The summed E-state index contributed by atoms with van der Waals surface area (Å²) in [5.74, 6) is 0.293. The highest BCUT2D eigenvalue weighted by Gasteiger charge is 2.23. The zero-order chi connectivity index (χ0) is 23.2. The Morgan fingerprint density at radius 3 is 2.09 bits per heavy atom. The lowest BCUT2D eigenvalue weighted by molar-refractivity contribution is -0.130. The lowest BCUT2D eigenvalue weighted by Gasteiger charge is -2.19. The number of ether oxygens (including phenoxy) is 1. The molecule has 3 heteroatoms. The van der Waals surface area contributed by atoms with E-state index in [2.05, 4.69) is 89.4 Å². The Hall–Kier alpha value is -3.33. The molecule has 4 rings (SSSR count). The summed E-state index contributed by atoms with van der Waals surface area (Å²) >= 11 is 0. The summed E-state index contributed by atoms with van der Waals surface area (Å²) in [6.45, 7) is 15.0. The number of rotatable bonds is 3. The first kappa shape index (κ1) is 21.9. The van der Waals surface area contributed by atoms with E-state index in [0.717, 1.165) is 28.2 Å². The van der Waals surface area contributed by atoms with E-state index in [1.165, 1.54) is 16.7 Å². The maximum atomic E-state index is 12.6. The van der Waals surface area contributed by atoms with E-state index < -0.39 is 0 Å². The lowest BCUT2D eigenvalue weighted by atomic mass is 9.86. The normalized spacial score (nSPS) is 15.3. The van der Waals surface area contributed by atoms with Gasteiger partial charge in [-0.25, -0.2) is 4.79 Å². The second kappa shape index (κ2) is 7.98. The standard InChI is InChI=1S/C29H31NO2/c1-18-12-19(2)14-26(13-18)30-20(3)15-23(21(30)4)16-24-17-27(32-28(24)31)22-8-10-25(11-9-22)29(5,6)7/h8-17H,1-7H3/b24-16+. The zero-order valence-electron chi connectivity index (χ0n) is 20.0. The molecule has 1 aliphatic heterocycles. The molecular formula is C29H31NO2. The number of carbonyl (C=O) groups excluding carboxylic acids is 1. The van der Waals surface area contributed by atoms with Crippen molar-refractivity contribution in [2.45, 2.75) is 53.9 Å². The van der Waals surface area contributed by atoms with E-state index in [9.17, 15) is 4.79 Å². The fraction of sp³-hybridized carbons (Fsp3) is 0.276. The number of aryl methyl sites for hydroxylation is 3. The van der Waals surface area contributed by atoms with Gasteiger partial charge in [0, 0.05) is 22.6 Å². The number of hydrogen-bond donors (Lipinski definition) is 0. The van der Waals surface area contributed by atoms with Gasteiger partial charge in [-0.05, 0) is 85.7 Å². The van der Waals surface area contributed by atoms with Crippen LogP contribution in [0, 0.1) is 27.7 Å². The van der Waals surface area contributed by atoms with Crippen LogP contribution in [0.3, 0.4) is 0 Å². The molecule has 0 atom stereocenters. The van der Waals surface area contributed by atoms with Gasteiger partial charge >= 0.3 is 5.97 Å². The van der Waals surface area contributed by atoms with Gasteiger partial charge in [0.15, 0.2) is 0 Å².